The molecule has 3 aliphatic heterocycles. The number of carboxylic acids is 1. The Balaban J connectivity index is 1.07. The number of carbonyl (C=O) groups is 12. The van der Waals surface area contributed by atoms with E-state index in [1.54, 1.807) is 54.2 Å². The van der Waals surface area contributed by atoms with Gasteiger partial charge in [0.15, 0.2) is 0 Å². The number of carbonyl (C=O) groups excluding carboxylic acids is 11. The third-order valence-corrected chi connectivity index (χ3v) is 20.5. The van der Waals surface area contributed by atoms with Gasteiger partial charge in [-0.3, -0.25) is 52.7 Å². The Hall–Kier alpha value is -8.12. The van der Waals surface area contributed by atoms with E-state index < -0.39 is 102 Å². The molecule has 578 valence electrons. The number of hydrogen-bond acceptors (Lipinski definition) is 22. The number of nitrogens with two attached hydrogens (primary N) is 2. The van der Waals surface area contributed by atoms with Gasteiger partial charge in [-0.25, -0.2) is 15.6 Å². The SMILES string of the molecule is CCCCCC(=O)N[C@H]1CSCc2cc(CSCCNC(=O)CCC(=O)NCCCOCCOCCOCCCNC(=O)c3ccc(NN)nc3)cc(c2)CSC[C@@H](C(=O)O)NC(=O)[C@H](Cc2ccccc2)NC(=O)[C@H](CCC(N)=O)NC(=O)[C@H]([C@@H](C)O)NC(=O)[C@@H]2CCCN2C(=O)[C@@H]2CCCN2C1=O. The van der Waals surface area contributed by atoms with Gasteiger partial charge in [0.05, 0.1) is 38.1 Å². The van der Waals surface area contributed by atoms with Gasteiger partial charge in [0.25, 0.3) is 5.91 Å². The number of aromatic nitrogens is 1. The smallest absolute Gasteiger partial charge is 0.327 e. The van der Waals surface area contributed by atoms with Crippen molar-refractivity contribution in [3.63, 3.8) is 0 Å². The average molecular weight is 1520 g/mol. The zero-order valence-electron chi connectivity index (χ0n) is 59.8. The Morgan fingerprint density at radius 2 is 1.27 bits per heavy atom. The number of fused-ring (bicyclic) bond motifs is 4. The zero-order valence-corrected chi connectivity index (χ0v) is 62.3. The lowest BCUT2D eigenvalue weighted by Gasteiger charge is -2.33. The molecule has 0 unspecified atom stereocenters. The van der Waals surface area contributed by atoms with Crippen molar-refractivity contribution in [3.05, 3.63) is 94.7 Å². The van der Waals surface area contributed by atoms with Gasteiger partial charge < -0.3 is 87.9 Å². The number of ether oxygens (including phenoxy) is 3. The second kappa shape index (κ2) is 47.4. The Morgan fingerprint density at radius 1 is 0.657 bits per heavy atom. The van der Waals surface area contributed by atoms with Gasteiger partial charge in [-0.2, -0.15) is 35.3 Å². The van der Waals surface area contributed by atoms with Crippen molar-refractivity contribution >= 4 is 112 Å². The lowest BCUT2D eigenvalue weighted by Crippen LogP contribution is -2.61. The standard InChI is InChI=1S/C71H104N14O17S3/c1-3-4-6-17-62(90)78-54-44-104-42-49-36-48(41-103-35-26-75-61(89)23-22-60(88)74-24-11-29-100-31-33-102-34-32-101-30-12-25-76-64(91)51-18-21-59(83-73)77-40-51)37-50(38-49)43-105-45-55(71(98)99)81-66(93)53(39-47-13-7-5-8-14-47)80-65(92)52(19-20-58(72)87)79-68(95)63(46(2)86)82-67(94)56-15-9-27-84(56)70(97)57-16-10-28-85(57)69(54)96/h5,7-8,13-14,18,21,36-38,40,46,52-57,63,86H,3-4,6,9-12,15-17,19-20,22-35,39,41-45,73H2,1-2H3,(H2,72,87)(H,74,88)(H,75,89)(H,76,91)(H,77,83)(H,78,90)(H,79,95)(H,80,92)(H,81,93)(H,82,94)(H,98,99)/t46-,52+,53+,54+,55+,56+,57+,63+/m1/s1. The number of amides is 11. The van der Waals surface area contributed by atoms with Gasteiger partial charge >= 0.3 is 5.97 Å². The molecule has 31 nitrogen and oxygen atoms in total. The first-order valence-electron chi connectivity index (χ1n) is 35.8. The van der Waals surface area contributed by atoms with Crippen LogP contribution in [0.5, 0.6) is 0 Å². The first-order chi connectivity index (χ1) is 50.6. The highest BCUT2D eigenvalue weighted by Crippen LogP contribution is 2.28. The fourth-order valence-corrected chi connectivity index (χ4v) is 14.5. The molecule has 34 heteroatoms. The molecule has 105 heavy (non-hydrogen) atoms. The van der Waals surface area contributed by atoms with E-state index in [2.05, 4.69) is 52.9 Å². The molecule has 11 amide bonds. The summed E-state index contributed by atoms with van der Waals surface area (Å²) in [7, 11) is 0. The number of benzene rings is 2. The van der Waals surface area contributed by atoms with E-state index in [1.807, 2.05) is 25.1 Å². The molecule has 0 aliphatic carbocycles. The number of aliphatic carboxylic acids is 1. The second-order valence-electron chi connectivity index (χ2n) is 25.7. The highest BCUT2D eigenvalue weighted by atomic mass is 32.2. The Bertz CT molecular complexity index is 3330. The van der Waals surface area contributed by atoms with Crippen LogP contribution < -0.4 is 59.5 Å². The minimum atomic E-state index is -1.70. The first-order valence-corrected chi connectivity index (χ1v) is 39.3. The molecule has 6 rings (SSSR count). The monoisotopic (exact) mass is 1520 g/mol. The van der Waals surface area contributed by atoms with Crippen molar-refractivity contribution in [2.24, 2.45) is 11.6 Å². The molecular formula is C71H104N14O17S3. The summed E-state index contributed by atoms with van der Waals surface area (Å²) in [4.78, 5) is 170. The first kappa shape index (κ1) is 85.8. The number of hydrazine groups is 1. The van der Waals surface area contributed by atoms with Crippen molar-refractivity contribution in [1.29, 1.82) is 0 Å². The van der Waals surface area contributed by atoms with Crippen LogP contribution in [0.4, 0.5) is 5.82 Å². The predicted octanol–water partition coefficient (Wildman–Crippen LogP) is 1.31. The minimum absolute atomic E-state index is 0.00228. The van der Waals surface area contributed by atoms with Gasteiger partial charge in [-0.1, -0.05) is 68.3 Å². The van der Waals surface area contributed by atoms with Gasteiger partial charge in [0.2, 0.25) is 59.1 Å². The molecule has 0 spiro atoms. The van der Waals surface area contributed by atoms with Crippen LogP contribution in [0.25, 0.3) is 0 Å². The number of anilines is 1. The van der Waals surface area contributed by atoms with E-state index in [0.717, 1.165) is 29.5 Å². The van der Waals surface area contributed by atoms with E-state index in [0.29, 0.717) is 126 Å². The summed E-state index contributed by atoms with van der Waals surface area (Å²) in [5, 5.41) is 43.3. The number of rotatable bonds is 36. The summed E-state index contributed by atoms with van der Waals surface area (Å²) in [5.74, 6) is -0.560. The number of nitrogen functional groups attached to an aromatic ring is 1. The highest BCUT2D eigenvalue weighted by molar-refractivity contribution is 7.99. The number of primary amides is 1. The van der Waals surface area contributed by atoms with Crippen molar-refractivity contribution in [2.45, 2.75) is 176 Å². The lowest BCUT2D eigenvalue weighted by atomic mass is 10.0. The summed E-state index contributed by atoms with van der Waals surface area (Å²) in [6.45, 7) is 7.06. The molecule has 2 saturated heterocycles. The normalized spacial score (nSPS) is 20.5. The summed E-state index contributed by atoms with van der Waals surface area (Å²) < 4.78 is 16.7. The van der Waals surface area contributed by atoms with Crippen LogP contribution in [0.3, 0.4) is 0 Å². The van der Waals surface area contributed by atoms with Crippen LogP contribution in [0.1, 0.15) is 136 Å². The Labute approximate surface area is 625 Å². The molecule has 1 aromatic heterocycles. The number of hydrogen-bond donors (Lipinski definition) is 13. The molecule has 15 N–H and O–H groups in total. The molecule has 2 aromatic carbocycles. The number of pyridine rings is 1. The average Bonchev–Trinajstić information content (AvgIpc) is 1.68. The van der Waals surface area contributed by atoms with Gasteiger partial charge in [-0.05, 0) is 92.7 Å². The van der Waals surface area contributed by atoms with Crippen LogP contribution in [0.15, 0.2) is 66.9 Å². The molecule has 3 aromatic rings. The molecule has 0 saturated carbocycles. The zero-order chi connectivity index (χ0) is 75.9. The predicted molar refractivity (Wildman–Crippen MR) is 397 cm³/mol. The van der Waals surface area contributed by atoms with Gasteiger partial charge in [-0.15, -0.1) is 0 Å². The summed E-state index contributed by atoms with van der Waals surface area (Å²) in [6, 6.07) is 8.38. The topological polar surface area (TPSA) is 453 Å². The van der Waals surface area contributed by atoms with Crippen molar-refractivity contribution in [1.82, 2.24) is 57.3 Å². The van der Waals surface area contributed by atoms with Gasteiger partial charge in [0, 0.05) is 119 Å². The fourth-order valence-electron chi connectivity index (χ4n) is 11.8. The van der Waals surface area contributed by atoms with E-state index in [1.165, 1.54) is 46.4 Å². The van der Waals surface area contributed by atoms with E-state index in [4.69, 9.17) is 25.8 Å². The molecule has 2 fully saturated rings. The van der Waals surface area contributed by atoms with Crippen LogP contribution in [0, 0.1) is 0 Å². The Kier molecular flexibility index (Phi) is 38.8. The van der Waals surface area contributed by atoms with Crippen LogP contribution in [0.2, 0.25) is 0 Å². The van der Waals surface area contributed by atoms with E-state index in [9.17, 15) is 67.7 Å². The third kappa shape index (κ3) is 31.1. The summed E-state index contributed by atoms with van der Waals surface area (Å²) in [6.07, 6.45) is 3.86. The van der Waals surface area contributed by atoms with Crippen molar-refractivity contribution in [3.8, 4) is 0 Å². The highest BCUT2D eigenvalue weighted by Gasteiger charge is 2.45. The minimum Gasteiger partial charge on any atom is -0.480 e. The van der Waals surface area contributed by atoms with Crippen molar-refractivity contribution < 1.29 is 82.0 Å². The maximum absolute atomic E-state index is 14.8. The lowest BCUT2D eigenvalue weighted by molar-refractivity contribution is -0.148. The largest absolute Gasteiger partial charge is 0.480 e. The Morgan fingerprint density at radius 3 is 1.89 bits per heavy atom. The number of thioether (sulfide) groups is 3. The van der Waals surface area contributed by atoms with Crippen LogP contribution >= 0.6 is 35.3 Å². The maximum atomic E-state index is 14.8. The van der Waals surface area contributed by atoms with E-state index in [-0.39, 0.29) is 98.9 Å². The molecule has 8 atom stereocenters. The van der Waals surface area contributed by atoms with E-state index >= 15 is 0 Å². The van der Waals surface area contributed by atoms with Crippen LogP contribution in [-0.4, -0.2) is 234 Å². The fraction of sp³-hybridized carbons (Fsp3) is 0.592. The number of nitrogens with zero attached hydrogens (tertiary/aromatic N) is 3. The second-order valence-corrected chi connectivity index (χ2v) is 28.9. The number of carboxylic acid groups (broad SMARTS) is 1. The summed E-state index contributed by atoms with van der Waals surface area (Å²) >= 11 is 4.17. The molecule has 4 heterocycles. The summed E-state index contributed by atoms with van der Waals surface area (Å²) in [5.41, 5.74) is 11.5. The number of aliphatic hydroxyl groups excluding tert-OH is 1. The number of unbranched alkanes of at least 4 members (excludes halogenated alkanes) is 2. The molecule has 3 aliphatic rings. The van der Waals surface area contributed by atoms with Gasteiger partial charge in [0.1, 0.15) is 48.1 Å². The molecule has 0 radical (unpaired) electrons. The molecular weight excluding hydrogens is 1420 g/mol. The van der Waals surface area contributed by atoms with Crippen LogP contribution in [-0.2, 0) is 90.6 Å². The maximum Gasteiger partial charge on any atom is 0.327 e. The number of aliphatic hydroxyl groups is 1. The number of nitrogens with one attached hydrogen (secondary N) is 9. The quantitative estimate of drug-likeness (QED) is 0.0222. The molecule has 2 bridgehead atoms. The third-order valence-electron chi connectivity index (χ3n) is 17.3. The van der Waals surface area contributed by atoms with Crippen molar-refractivity contribution in [2.75, 3.05) is 95.0 Å².